The largest absolute Gasteiger partial charge is 0.379 e. The summed E-state index contributed by atoms with van der Waals surface area (Å²) in [4.78, 5) is 28.1. The summed E-state index contributed by atoms with van der Waals surface area (Å²) >= 11 is 6.40. The molecule has 0 radical (unpaired) electrons. The van der Waals surface area contributed by atoms with Crippen LogP contribution < -0.4 is 21.9 Å². The molecule has 2 amide bonds. The van der Waals surface area contributed by atoms with E-state index in [2.05, 4.69) is 27.5 Å². The number of amides is 2. The first-order valence-corrected chi connectivity index (χ1v) is 9.62. The number of nitrogen functional groups attached to an aromatic ring is 1. The topological polar surface area (TPSA) is 102 Å². The molecule has 1 saturated carbocycles. The Kier molecular flexibility index (Phi) is 4.70. The number of anilines is 2. The number of hydrogen-bond donors (Lipinski definition) is 3. The Morgan fingerprint density at radius 1 is 1.40 bits per heavy atom. The van der Waals surface area contributed by atoms with Crippen molar-refractivity contribution in [3.05, 3.63) is 51.0 Å². The number of nitrogens with zero attached hydrogens (tertiary/aromatic N) is 2. The molecule has 1 atom stereocenters. The Morgan fingerprint density at radius 2 is 2.13 bits per heavy atom. The van der Waals surface area contributed by atoms with Gasteiger partial charge < -0.3 is 20.9 Å². The number of urea groups is 1. The summed E-state index contributed by atoms with van der Waals surface area (Å²) < 4.78 is 30.9. The van der Waals surface area contributed by atoms with Gasteiger partial charge in [0.15, 0.2) is 11.4 Å². The smallest absolute Gasteiger partial charge is 0.320 e. The Morgan fingerprint density at radius 3 is 2.80 bits per heavy atom. The van der Waals surface area contributed by atoms with Crippen molar-refractivity contribution in [2.75, 3.05) is 11.1 Å². The average Bonchev–Trinajstić information content (AvgIpc) is 3.48. The Balaban J connectivity index is 1.84. The highest BCUT2D eigenvalue weighted by Crippen LogP contribution is 2.45. The molecule has 156 valence electrons. The van der Waals surface area contributed by atoms with Gasteiger partial charge in [-0.05, 0) is 30.5 Å². The zero-order chi connectivity index (χ0) is 21.7. The predicted octanol–water partition coefficient (Wildman–Crippen LogP) is 2.93. The van der Waals surface area contributed by atoms with E-state index in [1.165, 1.54) is 29.1 Å². The van der Waals surface area contributed by atoms with E-state index in [1.54, 1.807) is 0 Å². The van der Waals surface area contributed by atoms with E-state index in [4.69, 9.17) is 17.3 Å². The van der Waals surface area contributed by atoms with Crippen LogP contribution in [-0.2, 0) is 12.1 Å². The molecule has 0 saturated heterocycles. The molecule has 1 fully saturated rings. The molecule has 1 aliphatic heterocycles. The van der Waals surface area contributed by atoms with Crippen molar-refractivity contribution in [1.82, 2.24) is 14.9 Å². The number of benzene rings is 1. The van der Waals surface area contributed by atoms with Crippen LogP contribution in [0.3, 0.4) is 0 Å². The molecule has 2 heterocycles. The third-order valence-corrected chi connectivity index (χ3v) is 5.47. The van der Waals surface area contributed by atoms with E-state index in [0.717, 1.165) is 12.8 Å². The van der Waals surface area contributed by atoms with Crippen molar-refractivity contribution < 1.29 is 13.6 Å². The van der Waals surface area contributed by atoms with Crippen molar-refractivity contribution in [3.63, 3.8) is 0 Å². The van der Waals surface area contributed by atoms with Gasteiger partial charge in [0, 0.05) is 41.5 Å². The minimum atomic E-state index is -3.39. The molecule has 7 nitrogen and oxygen atoms in total. The van der Waals surface area contributed by atoms with Gasteiger partial charge in [-0.15, -0.1) is 0 Å². The fourth-order valence-electron chi connectivity index (χ4n) is 3.31. The van der Waals surface area contributed by atoms with Crippen molar-refractivity contribution in [3.8, 4) is 11.8 Å². The normalized spacial score (nSPS) is 20.5. The summed E-state index contributed by atoms with van der Waals surface area (Å²) in [6, 6.07) is 2.03. The van der Waals surface area contributed by atoms with Crippen LogP contribution in [0.15, 0.2) is 29.3 Å². The summed E-state index contributed by atoms with van der Waals surface area (Å²) in [5.74, 6) is 1.96. The Hall–Kier alpha value is -3.12. The number of fused-ring (bicyclic) bond motifs is 1. The molecular weight excluding hydrogens is 416 g/mol. The molecule has 2 aliphatic rings. The van der Waals surface area contributed by atoms with Crippen LogP contribution in [0.1, 0.15) is 30.9 Å². The van der Waals surface area contributed by atoms with E-state index in [1.807, 2.05) is 0 Å². The van der Waals surface area contributed by atoms with Crippen LogP contribution in [0.25, 0.3) is 0 Å². The third-order valence-electron chi connectivity index (χ3n) is 5.12. The number of aromatic nitrogens is 2. The number of carbonyl (C=O) groups excluding carboxylic acids is 1. The SMILES string of the molecule is CC(F)(F)[C@@]1(C#CC2CC2)NC(=O)Nc2cc(Cn3ccnc(N)c3=O)c(Cl)cc21. The van der Waals surface area contributed by atoms with E-state index >= 15 is 0 Å². The quantitative estimate of drug-likeness (QED) is 0.647. The Bertz CT molecular complexity index is 1160. The second kappa shape index (κ2) is 6.99. The summed E-state index contributed by atoms with van der Waals surface area (Å²) in [5.41, 5.74) is 3.48. The third kappa shape index (κ3) is 3.48. The number of rotatable bonds is 3. The minimum absolute atomic E-state index is 0.0181. The van der Waals surface area contributed by atoms with Crippen LogP contribution >= 0.6 is 11.6 Å². The molecule has 0 unspecified atom stereocenters. The summed E-state index contributed by atoms with van der Waals surface area (Å²) in [5, 5.41) is 4.99. The first-order valence-electron chi connectivity index (χ1n) is 9.24. The summed E-state index contributed by atoms with van der Waals surface area (Å²) in [6.45, 7) is 0.731. The second-order valence-corrected chi connectivity index (χ2v) is 7.90. The highest BCUT2D eigenvalue weighted by molar-refractivity contribution is 6.31. The second-order valence-electron chi connectivity index (χ2n) is 7.50. The number of alkyl halides is 2. The van der Waals surface area contributed by atoms with Gasteiger partial charge in [-0.25, -0.2) is 18.6 Å². The fraction of sp³-hybridized carbons (Fsp3) is 0.350. The van der Waals surface area contributed by atoms with Gasteiger partial charge in [-0.1, -0.05) is 23.4 Å². The number of halogens is 3. The molecule has 0 bridgehead atoms. The molecule has 0 spiro atoms. The highest BCUT2D eigenvalue weighted by Gasteiger charge is 2.55. The molecule has 4 rings (SSSR count). The van der Waals surface area contributed by atoms with Crippen LogP contribution in [0.5, 0.6) is 0 Å². The van der Waals surface area contributed by atoms with Gasteiger partial charge in [0.25, 0.3) is 11.5 Å². The average molecular weight is 434 g/mol. The van der Waals surface area contributed by atoms with Gasteiger partial charge in [0.2, 0.25) is 0 Å². The summed E-state index contributed by atoms with van der Waals surface area (Å²) in [7, 11) is 0. The maximum atomic E-state index is 14.8. The number of nitrogens with two attached hydrogens (primary N) is 1. The maximum absolute atomic E-state index is 14.8. The van der Waals surface area contributed by atoms with Gasteiger partial charge in [-0.3, -0.25) is 4.79 Å². The Labute approximate surface area is 175 Å². The minimum Gasteiger partial charge on any atom is -0.379 e. The highest BCUT2D eigenvalue weighted by atomic mass is 35.5. The van der Waals surface area contributed by atoms with Crippen molar-refractivity contribution in [2.45, 2.75) is 37.8 Å². The van der Waals surface area contributed by atoms with Crippen molar-refractivity contribution in [2.24, 2.45) is 5.92 Å². The lowest BCUT2D eigenvalue weighted by Crippen LogP contribution is -2.59. The van der Waals surface area contributed by atoms with Gasteiger partial charge in [0.05, 0.1) is 6.54 Å². The van der Waals surface area contributed by atoms with Crippen LogP contribution in [0, 0.1) is 17.8 Å². The number of hydrogen-bond acceptors (Lipinski definition) is 4. The molecule has 10 heteroatoms. The van der Waals surface area contributed by atoms with E-state index in [-0.39, 0.29) is 34.6 Å². The predicted molar refractivity (Wildman–Crippen MR) is 108 cm³/mol. The lowest BCUT2D eigenvalue weighted by Gasteiger charge is -2.40. The van der Waals surface area contributed by atoms with Gasteiger partial charge in [0.1, 0.15) is 0 Å². The van der Waals surface area contributed by atoms with E-state index < -0.39 is 23.1 Å². The first-order chi connectivity index (χ1) is 14.1. The monoisotopic (exact) mass is 433 g/mol. The van der Waals surface area contributed by atoms with Crippen LogP contribution in [-0.4, -0.2) is 21.5 Å². The van der Waals surface area contributed by atoms with Gasteiger partial charge >= 0.3 is 6.03 Å². The molecule has 1 aliphatic carbocycles. The lowest BCUT2D eigenvalue weighted by atomic mass is 9.81. The fourth-order valence-corrected chi connectivity index (χ4v) is 3.53. The molecular formula is C20H18ClF2N5O2. The first kappa shape index (κ1) is 20.2. The number of nitrogens with one attached hydrogen (secondary N) is 2. The molecule has 2 aromatic rings. The number of carbonyl (C=O) groups is 1. The maximum Gasteiger partial charge on any atom is 0.320 e. The van der Waals surface area contributed by atoms with Crippen LogP contribution in [0.2, 0.25) is 5.02 Å². The summed E-state index contributed by atoms with van der Waals surface area (Å²) in [6.07, 6.45) is 4.49. The lowest BCUT2D eigenvalue weighted by molar-refractivity contribution is -0.0464. The standard InChI is InChI=1S/C20H18ClF2N5O2/c1-19(22,23)20(5-4-11-2-3-11)13-9-14(21)12(8-15(13)26-18(30)27-20)10-28-7-6-25-16(24)17(28)29/h6-9,11H,2-3,10H2,1H3,(H2,24,25)(H2,26,27,30)/t20-/m0/s1. The van der Waals surface area contributed by atoms with Crippen molar-refractivity contribution >= 4 is 29.1 Å². The molecule has 30 heavy (non-hydrogen) atoms. The zero-order valence-electron chi connectivity index (χ0n) is 15.9. The zero-order valence-corrected chi connectivity index (χ0v) is 16.7. The molecule has 1 aromatic heterocycles. The van der Waals surface area contributed by atoms with E-state index in [0.29, 0.717) is 12.5 Å². The van der Waals surface area contributed by atoms with Crippen molar-refractivity contribution in [1.29, 1.82) is 0 Å². The van der Waals surface area contributed by atoms with Gasteiger partial charge in [-0.2, -0.15) is 0 Å². The molecule has 1 aromatic carbocycles. The van der Waals surface area contributed by atoms with Crippen LogP contribution in [0.4, 0.5) is 25.1 Å². The molecule has 4 N–H and O–H groups in total. The van der Waals surface area contributed by atoms with E-state index in [9.17, 15) is 18.4 Å².